The highest BCUT2D eigenvalue weighted by molar-refractivity contribution is 6.35. The van der Waals surface area contributed by atoms with Gasteiger partial charge in [0.25, 0.3) is 0 Å². The summed E-state index contributed by atoms with van der Waals surface area (Å²) in [6, 6.07) is 20.9. The van der Waals surface area contributed by atoms with Gasteiger partial charge in [0.1, 0.15) is 5.52 Å². The van der Waals surface area contributed by atoms with Gasteiger partial charge in [-0.3, -0.25) is 4.90 Å². The lowest BCUT2D eigenvalue weighted by Gasteiger charge is -2.35. The Hall–Kier alpha value is -2.67. The van der Waals surface area contributed by atoms with Crippen LogP contribution < -0.4 is 4.90 Å². The summed E-state index contributed by atoms with van der Waals surface area (Å²) >= 11 is 12.5. The van der Waals surface area contributed by atoms with E-state index in [9.17, 15) is 0 Å². The fourth-order valence-corrected chi connectivity index (χ4v) is 4.54. The van der Waals surface area contributed by atoms with Crippen molar-refractivity contribution in [2.75, 3.05) is 31.1 Å². The number of hydrogen-bond donors (Lipinski definition) is 0. The molecule has 1 fully saturated rings. The molecule has 8 heteroatoms. The zero-order chi connectivity index (χ0) is 21.2. The lowest BCUT2D eigenvalue weighted by atomic mass is 10.2. The summed E-state index contributed by atoms with van der Waals surface area (Å²) < 4.78 is 2.11. The van der Waals surface area contributed by atoms with Gasteiger partial charge < -0.3 is 9.47 Å². The highest BCUT2D eigenvalue weighted by Crippen LogP contribution is 2.29. The molecule has 1 aliphatic rings. The van der Waals surface area contributed by atoms with E-state index in [0.29, 0.717) is 17.3 Å². The molecule has 4 aromatic rings. The van der Waals surface area contributed by atoms with Crippen molar-refractivity contribution in [2.24, 2.45) is 0 Å². The number of aromatic nitrogens is 4. The molecule has 1 aliphatic heterocycles. The van der Waals surface area contributed by atoms with Crippen LogP contribution in [0.2, 0.25) is 10.4 Å². The van der Waals surface area contributed by atoms with Gasteiger partial charge in [-0.1, -0.05) is 72.3 Å². The Kier molecular flexibility index (Phi) is 5.76. The smallest absolute Gasteiger partial charge is 0.225 e. The number of anilines is 1. The third-order valence-corrected chi connectivity index (χ3v) is 6.03. The Bertz CT molecular complexity index is 1170. The van der Waals surface area contributed by atoms with E-state index in [1.54, 1.807) is 0 Å². The van der Waals surface area contributed by atoms with Crippen LogP contribution in [-0.4, -0.2) is 50.6 Å². The second-order valence-electron chi connectivity index (χ2n) is 7.69. The third-order valence-electron chi connectivity index (χ3n) is 5.60. The van der Waals surface area contributed by atoms with E-state index in [1.807, 2.05) is 18.2 Å². The van der Waals surface area contributed by atoms with Crippen molar-refractivity contribution < 1.29 is 0 Å². The van der Waals surface area contributed by atoms with Crippen LogP contribution in [0.1, 0.15) is 11.1 Å². The first-order valence-electron chi connectivity index (χ1n) is 10.3. The highest BCUT2D eigenvalue weighted by atomic mass is 35.5. The van der Waals surface area contributed by atoms with E-state index in [2.05, 4.69) is 66.8 Å². The number of benzene rings is 2. The Labute approximate surface area is 191 Å². The minimum Gasteiger partial charge on any atom is -0.340 e. The quantitative estimate of drug-likeness (QED) is 0.329. The fraction of sp³-hybridized carbons (Fsp3) is 0.261. The van der Waals surface area contributed by atoms with Gasteiger partial charge in [0, 0.05) is 32.7 Å². The first-order valence-corrected chi connectivity index (χ1v) is 11.1. The molecule has 2 aromatic carbocycles. The average Bonchev–Trinajstić information content (AvgIpc) is 3.14. The van der Waals surface area contributed by atoms with Crippen molar-refractivity contribution in [1.29, 1.82) is 0 Å². The van der Waals surface area contributed by atoms with Gasteiger partial charge in [-0.15, -0.1) is 0 Å². The number of piperazine rings is 1. The van der Waals surface area contributed by atoms with Gasteiger partial charge in [0.15, 0.2) is 10.8 Å². The third kappa shape index (κ3) is 4.37. The number of halogens is 2. The molecule has 5 rings (SSSR count). The van der Waals surface area contributed by atoms with Crippen molar-refractivity contribution in [3.05, 3.63) is 82.2 Å². The first kappa shape index (κ1) is 20.2. The lowest BCUT2D eigenvalue weighted by Crippen LogP contribution is -2.46. The Balaban J connectivity index is 1.43. The molecule has 0 amide bonds. The Morgan fingerprint density at radius 1 is 0.710 bits per heavy atom. The summed E-state index contributed by atoms with van der Waals surface area (Å²) in [5.41, 5.74) is 3.75. The molecule has 0 saturated carbocycles. The van der Waals surface area contributed by atoms with Gasteiger partial charge in [-0.2, -0.15) is 9.97 Å². The summed E-state index contributed by atoms with van der Waals surface area (Å²) in [6.07, 6.45) is 0. The average molecular weight is 453 g/mol. The summed E-state index contributed by atoms with van der Waals surface area (Å²) in [4.78, 5) is 18.1. The normalized spacial score (nSPS) is 15.0. The van der Waals surface area contributed by atoms with Gasteiger partial charge >= 0.3 is 0 Å². The second kappa shape index (κ2) is 8.83. The lowest BCUT2D eigenvalue weighted by molar-refractivity contribution is 0.248. The molecule has 0 unspecified atom stereocenters. The predicted molar refractivity (Wildman–Crippen MR) is 125 cm³/mol. The minimum absolute atomic E-state index is 0.112. The van der Waals surface area contributed by atoms with Gasteiger partial charge in [-0.25, -0.2) is 4.98 Å². The van der Waals surface area contributed by atoms with Crippen molar-refractivity contribution in [2.45, 2.75) is 13.1 Å². The molecule has 0 atom stereocenters. The standard InChI is InChI=1S/C23H22Cl2N6/c24-20-19-21(27-22(25)26-20)28-23(31(19)16-18-9-5-2-6-10-18)30-13-11-29(12-14-30)15-17-7-3-1-4-8-17/h1-10H,11-16H2. The van der Waals surface area contributed by atoms with Gasteiger partial charge in [-0.05, 0) is 22.7 Å². The number of fused-ring (bicyclic) bond motifs is 1. The molecule has 0 aliphatic carbocycles. The zero-order valence-corrected chi connectivity index (χ0v) is 18.5. The number of hydrogen-bond acceptors (Lipinski definition) is 5. The monoisotopic (exact) mass is 452 g/mol. The van der Waals surface area contributed by atoms with E-state index in [-0.39, 0.29) is 5.28 Å². The first-order chi connectivity index (χ1) is 15.2. The van der Waals surface area contributed by atoms with Crippen molar-refractivity contribution in [3.63, 3.8) is 0 Å². The van der Waals surface area contributed by atoms with Crippen LogP contribution in [0.3, 0.4) is 0 Å². The van der Waals surface area contributed by atoms with Crippen LogP contribution in [0.25, 0.3) is 11.2 Å². The van der Waals surface area contributed by atoms with Crippen molar-refractivity contribution in [3.8, 4) is 0 Å². The summed E-state index contributed by atoms with van der Waals surface area (Å²) in [7, 11) is 0. The molecule has 3 heterocycles. The maximum atomic E-state index is 6.48. The Morgan fingerprint density at radius 3 is 1.97 bits per heavy atom. The molecule has 0 bridgehead atoms. The summed E-state index contributed by atoms with van der Waals surface area (Å²) in [6.45, 7) is 5.28. The molecule has 2 aromatic heterocycles. The van der Waals surface area contributed by atoms with E-state index in [0.717, 1.165) is 49.8 Å². The van der Waals surface area contributed by atoms with Crippen LogP contribution >= 0.6 is 23.2 Å². The van der Waals surface area contributed by atoms with E-state index >= 15 is 0 Å². The molecular weight excluding hydrogens is 431 g/mol. The fourth-order valence-electron chi connectivity index (χ4n) is 4.06. The van der Waals surface area contributed by atoms with Crippen LogP contribution in [0.4, 0.5) is 5.95 Å². The molecule has 0 radical (unpaired) electrons. The molecule has 31 heavy (non-hydrogen) atoms. The topological polar surface area (TPSA) is 50.1 Å². The van der Waals surface area contributed by atoms with E-state index in [1.165, 1.54) is 5.56 Å². The van der Waals surface area contributed by atoms with Crippen LogP contribution in [0, 0.1) is 0 Å². The SMILES string of the molecule is Clc1nc(Cl)c2c(n1)nc(N1CCN(Cc3ccccc3)CC1)n2Cc1ccccc1. The van der Waals surface area contributed by atoms with Crippen molar-refractivity contribution in [1.82, 2.24) is 24.4 Å². The van der Waals surface area contributed by atoms with Gasteiger partial charge in [0.2, 0.25) is 11.2 Å². The summed E-state index contributed by atoms with van der Waals surface area (Å²) in [5.74, 6) is 0.858. The molecule has 0 N–H and O–H groups in total. The molecular formula is C23H22Cl2N6. The zero-order valence-electron chi connectivity index (χ0n) is 17.0. The van der Waals surface area contributed by atoms with Crippen molar-refractivity contribution >= 4 is 40.3 Å². The highest BCUT2D eigenvalue weighted by Gasteiger charge is 2.25. The number of nitrogens with zero attached hydrogens (tertiary/aromatic N) is 6. The van der Waals surface area contributed by atoms with Gasteiger partial charge in [0.05, 0.1) is 6.54 Å². The van der Waals surface area contributed by atoms with Crippen LogP contribution in [0.5, 0.6) is 0 Å². The van der Waals surface area contributed by atoms with Crippen LogP contribution in [0.15, 0.2) is 60.7 Å². The Morgan fingerprint density at radius 2 is 1.32 bits per heavy atom. The minimum atomic E-state index is 0.112. The molecule has 1 saturated heterocycles. The van der Waals surface area contributed by atoms with E-state index < -0.39 is 0 Å². The number of imidazole rings is 1. The maximum Gasteiger partial charge on any atom is 0.225 e. The largest absolute Gasteiger partial charge is 0.340 e. The molecule has 0 spiro atoms. The van der Waals surface area contributed by atoms with E-state index in [4.69, 9.17) is 28.2 Å². The second-order valence-corrected chi connectivity index (χ2v) is 8.38. The predicted octanol–water partition coefficient (Wildman–Crippen LogP) is 4.50. The summed E-state index contributed by atoms with van der Waals surface area (Å²) in [5, 5.41) is 0.438. The number of rotatable bonds is 5. The van der Waals surface area contributed by atoms with Crippen LogP contribution in [-0.2, 0) is 13.1 Å². The molecule has 6 nitrogen and oxygen atoms in total. The maximum absolute atomic E-state index is 6.48. The molecule has 158 valence electrons.